The zero-order valence-electron chi connectivity index (χ0n) is 19.4. The Morgan fingerprint density at radius 2 is 1.14 bits per heavy atom. The first-order valence-corrected chi connectivity index (χ1v) is 11.5. The number of ketones is 1. The van der Waals surface area contributed by atoms with Gasteiger partial charge in [0, 0.05) is 64.0 Å². The van der Waals surface area contributed by atoms with Crippen LogP contribution >= 0.6 is 0 Å². The molecule has 1 aromatic rings. The van der Waals surface area contributed by atoms with Gasteiger partial charge in [0.25, 0.3) is 0 Å². The molecule has 5 heteroatoms. The van der Waals surface area contributed by atoms with E-state index >= 15 is 0 Å². The number of hydrogen-bond acceptors (Lipinski definition) is 5. The van der Waals surface area contributed by atoms with E-state index in [4.69, 9.17) is 0 Å². The minimum absolute atomic E-state index is 0.133. The summed E-state index contributed by atoms with van der Waals surface area (Å²) in [7, 11) is 0. The molecule has 0 aromatic heterocycles. The molecule has 0 saturated carbocycles. The SMILES string of the molecule is CCN1CCN(CC)CCN(C(C)c2ccc(C(C)=O)cc2)CCN(CC)CC1. The number of likely N-dealkylation sites (N-methyl/N-ethyl adjacent to an activating group) is 3. The average molecular weight is 403 g/mol. The Morgan fingerprint density at radius 1 is 0.759 bits per heavy atom. The van der Waals surface area contributed by atoms with Gasteiger partial charge in [0.05, 0.1) is 0 Å². The molecule has 0 N–H and O–H groups in total. The summed E-state index contributed by atoms with van der Waals surface area (Å²) < 4.78 is 0. The van der Waals surface area contributed by atoms with E-state index in [1.165, 1.54) is 5.56 Å². The second kappa shape index (κ2) is 12.4. The summed E-state index contributed by atoms with van der Waals surface area (Å²) in [5.41, 5.74) is 2.09. The van der Waals surface area contributed by atoms with E-state index in [1.807, 2.05) is 12.1 Å². The number of benzene rings is 1. The van der Waals surface area contributed by atoms with Crippen LogP contribution < -0.4 is 0 Å². The van der Waals surface area contributed by atoms with Crippen molar-refractivity contribution in [3.05, 3.63) is 35.4 Å². The van der Waals surface area contributed by atoms with Gasteiger partial charge in [-0.1, -0.05) is 45.0 Å². The normalized spacial score (nSPS) is 20.7. The van der Waals surface area contributed by atoms with Gasteiger partial charge in [-0.15, -0.1) is 0 Å². The Morgan fingerprint density at radius 3 is 1.48 bits per heavy atom. The number of carbonyl (C=O) groups excluding carboxylic acids is 1. The molecule has 5 nitrogen and oxygen atoms in total. The maximum Gasteiger partial charge on any atom is 0.159 e. The minimum Gasteiger partial charge on any atom is -0.301 e. The van der Waals surface area contributed by atoms with Gasteiger partial charge in [-0.3, -0.25) is 9.69 Å². The van der Waals surface area contributed by atoms with Crippen molar-refractivity contribution in [3.63, 3.8) is 0 Å². The molecule has 0 amide bonds. The molecule has 1 heterocycles. The van der Waals surface area contributed by atoms with Crippen LogP contribution in [0.2, 0.25) is 0 Å². The number of carbonyl (C=O) groups is 1. The van der Waals surface area contributed by atoms with Crippen LogP contribution in [0.15, 0.2) is 24.3 Å². The third-order valence-corrected chi connectivity index (χ3v) is 6.56. The predicted molar refractivity (Wildman–Crippen MR) is 123 cm³/mol. The smallest absolute Gasteiger partial charge is 0.159 e. The third-order valence-electron chi connectivity index (χ3n) is 6.56. The van der Waals surface area contributed by atoms with Crippen molar-refractivity contribution >= 4 is 5.78 Å². The lowest BCUT2D eigenvalue weighted by Gasteiger charge is -2.36. The lowest BCUT2D eigenvalue weighted by molar-refractivity contribution is 0.101. The van der Waals surface area contributed by atoms with Crippen molar-refractivity contribution < 1.29 is 4.79 Å². The molecule has 1 fully saturated rings. The van der Waals surface area contributed by atoms with Crippen LogP contribution in [0.3, 0.4) is 0 Å². The lowest BCUT2D eigenvalue weighted by Crippen LogP contribution is -2.46. The van der Waals surface area contributed by atoms with Gasteiger partial charge >= 0.3 is 0 Å². The maximum atomic E-state index is 11.6. The van der Waals surface area contributed by atoms with Gasteiger partial charge in [-0.2, -0.15) is 0 Å². The third kappa shape index (κ3) is 7.49. The first-order chi connectivity index (χ1) is 14.0. The Kier molecular flexibility index (Phi) is 10.3. The zero-order chi connectivity index (χ0) is 21.2. The van der Waals surface area contributed by atoms with E-state index in [-0.39, 0.29) is 5.78 Å². The van der Waals surface area contributed by atoms with Crippen molar-refractivity contribution in [2.75, 3.05) is 72.0 Å². The molecule has 1 aliphatic rings. The van der Waals surface area contributed by atoms with Gasteiger partial charge in [0.15, 0.2) is 5.78 Å². The molecule has 0 radical (unpaired) electrons. The summed E-state index contributed by atoms with van der Waals surface area (Å²) in [5, 5.41) is 0. The number of nitrogens with zero attached hydrogens (tertiary/aromatic N) is 4. The summed E-state index contributed by atoms with van der Waals surface area (Å²) in [6.07, 6.45) is 0. The van der Waals surface area contributed by atoms with Crippen molar-refractivity contribution in [1.29, 1.82) is 0 Å². The maximum absolute atomic E-state index is 11.6. The van der Waals surface area contributed by atoms with Crippen molar-refractivity contribution in [1.82, 2.24) is 19.6 Å². The predicted octanol–water partition coefficient (Wildman–Crippen LogP) is 3.23. The van der Waals surface area contributed by atoms with E-state index in [2.05, 4.69) is 59.4 Å². The lowest BCUT2D eigenvalue weighted by atomic mass is 10.0. The fraction of sp³-hybridized carbons (Fsp3) is 0.708. The quantitative estimate of drug-likeness (QED) is 0.682. The summed E-state index contributed by atoms with van der Waals surface area (Å²) >= 11 is 0. The average Bonchev–Trinajstić information content (AvgIpc) is 2.74. The highest BCUT2D eigenvalue weighted by molar-refractivity contribution is 5.94. The minimum atomic E-state index is 0.133. The Bertz CT molecular complexity index is 583. The second-order valence-corrected chi connectivity index (χ2v) is 8.19. The van der Waals surface area contributed by atoms with Crippen LogP contribution in [-0.4, -0.2) is 97.4 Å². The van der Waals surface area contributed by atoms with E-state index < -0.39 is 0 Å². The van der Waals surface area contributed by atoms with E-state index in [0.29, 0.717) is 6.04 Å². The molecule has 1 aliphatic heterocycles. The summed E-state index contributed by atoms with van der Waals surface area (Å²) in [6.45, 7) is 23.1. The highest BCUT2D eigenvalue weighted by Gasteiger charge is 2.19. The van der Waals surface area contributed by atoms with Gasteiger partial charge in [-0.05, 0) is 39.0 Å². The van der Waals surface area contributed by atoms with E-state index in [0.717, 1.165) is 77.6 Å². The summed E-state index contributed by atoms with van der Waals surface area (Å²) in [6, 6.07) is 8.56. The molecule has 0 aliphatic carbocycles. The fourth-order valence-electron chi connectivity index (χ4n) is 4.10. The topological polar surface area (TPSA) is 30.0 Å². The Balaban J connectivity index is 2.12. The Labute approximate surface area is 178 Å². The molecule has 164 valence electrons. The number of rotatable bonds is 6. The largest absolute Gasteiger partial charge is 0.301 e. The molecular formula is C24H42N4O. The van der Waals surface area contributed by atoms with Gasteiger partial charge < -0.3 is 14.7 Å². The van der Waals surface area contributed by atoms with Crippen LogP contribution in [0.5, 0.6) is 0 Å². The molecule has 1 saturated heterocycles. The summed E-state index contributed by atoms with van der Waals surface area (Å²) in [4.78, 5) is 22.0. The molecule has 0 spiro atoms. The number of hydrogen-bond donors (Lipinski definition) is 0. The number of Topliss-reactive ketones (excluding diaryl/α,β-unsaturated/α-hetero) is 1. The van der Waals surface area contributed by atoms with Crippen LogP contribution in [-0.2, 0) is 0 Å². The highest BCUT2D eigenvalue weighted by atomic mass is 16.1. The van der Waals surface area contributed by atoms with E-state index in [9.17, 15) is 4.79 Å². The van der Waals surface area contributed by atoms with Crippen molar-refractivity contribution in [2.24, 2.45) is 0 Å². The van der Waals surface area contributed by atoms with Crippen LogP contribution in [0.4, 0.5) is 0 Å². The molecule has 1 unspecified atom stereocenters. The van der Waals surface area contributed by atoms with E-state index in [1.54, 1.807) is 6.92 Å². The molecule has 1 aromatic carbocycles. The van der Waals surface area contributed by atoms with Crippen LogP contribution in [0.1, 0.15) is 56.6 Å². The Hall–Kier alpha value is -1.27. The van der Waals surface area contributed by atoms with Gasteiger partial charge in [0.1, 0.15) is 0 Å². The molecule has 0 bridgehead atoms. The second-order valence-electron chi connectivity index (χ2n) is 8.19. The molecular weight excluding hydrogens is 360 g/mol. The summed E-state index contributed by atoms with van der Waals surface area (Å²) in [5.74, 6) is 0.133. The zero-order valence-corrected chi connectivity index (χ0v) is 19.4. The molecule has 2 rings (SSSR count). The molecule has 29 heavy (non-hydrogen) atoms. The standard InChI is InChI=1S/C24H42N4O/c1-6-25-13-15-26(7-2)17-19-28(20-18-27(8-3)16-14-25)21(4)23-9-11-24(12-10-23)22(5)29/h9-12,21H,6-8,13-20H2,1-5H3. The van der Waals surface area contributed by atoms with Crippen molar-refractivity contribution in [3.8, 4) is 0 Å². The van der Waals surface area contributed by atoms with Crippen molar-refractivity contribution in [2.45, 2.75) is 40.7 Å². The fourth-order valence-corrected chi connectivity index (χ4v) is 4.10. The van der Waals surface area contributed by atoms with Crippen LogP contribution in [0, 0.1) is 0 Å². The van der Waals surface area contributed by atoms with Crippen LogP contribution in [0.25, 0.3) is 0 Å². The van der Waals surface area contributed by atoms with Gasteiger partial charge in [-0.25, -0.2) is 0 Å². The first-order valence-electron chi connectivity index (χ1n) is 11.5. The highest BCUT2D eigenvalue weighted by Crippen LogP contribution is 2.21. The molecule has 1 atom stereocenters. The first kappa shape index (κ1) is 24.0. The van der Waals surface area contributed by atoms with Gasteiger partial charge in [0.2, 0.25) is 0 Å². The monoisotopic (exact) mass is 402 g/mol.